The zero-order valence-electron chi connectivity index (χ0n) is 14.0. The first-order valence-corrected chi connectivity index (χ1v) is 9.63. The summed E-state index contributed by atoms with van der Waals surface area (Å²) in [5.74, 6) is -2.06. The first-order chi connectivity index (χ1) is 12.3. The maximum atomic E-state index is 13.2. The number of halogens is 2. The van der Waals surface area contributed by atoms with Crippen LogP contribution in [0, 0.1) is 17.6 Å². The summed E-state index contributed by atoms with van der Waals surface area (Å²) < 4.78 is 52.9. The maximum Gasteiger partial charge on any atom is 0.261 e. The van der Waals surface area contributed by atoms with Crippen LogP contribution >= 0.6 is 0 Å². The van der Waals surface area contributed by atoms with E-state index in [1.165, 1.54) is 24.3 Å². The molecule has 5 nitrogen and oxygen atoms in total. The Morgan fingerprint density at radius 2 is 1.73 bits per heavy atom. The molecule has 1 aliphatic rings. The molecule has 1 amide bonds. The molecular weight excluding hydrogens is 362 g/mol. The molecule has 1 aliphatic carbocycles. The summed E-state index contributed by atoms with van der Waals surface area (Å²) in [7, 11) is -4.06. The van der Waals surface area contributed by atoms with Crippen molar-refractivity contribution in [2.75, 3.05) is 4.72 Å². The number of anilines is 1. The van der Waals surface area contributed by atoms with Crippen molar-refractivity contribution in [1.29, 1.82) is 0 Å². The molecule has 0 radical (unpaired) electrons. The van der Waals surface area contributed by atoms with Gasteiger partial charge in [-0.1, -0.05) is 0 Å². The van der Waals surface area contributed by atoms with E-state index in [0.29, 0.717) is 17.5 Å². The minimum Gasteiger partial charge on any atom is -0.349 e. The molecule has 1 saturated carbocycles. The Labute approximate surface area is 150 Å². The predicted octanol–water partition coefficient (Wildman–Crippen LogP) is 3.29. The summed E-state index contributed by atoms with van der Waals surface area (Å²) in [6.07, 6.45) is 2.23. The highest BCUT2D eigenvalue weighted by Crippen LogP contribution is 2.32. The lowest BCUT2D eigenvalue weighted by Crippen LogP contribution is -2.33. The number of sulfonamides is 1. The number of rotatable bonds is 6. The van der Waals surface area contributed by atoms with E-state index in [2.05, 4.69) is 10.0 Å². The minimum atomic E-state index is -4.06. The van der Waals surface area contributed by atoms with Crippen molar-refractivity contribution in [3.05, 3.63) is 59.7 Å². The van der Waals surface area contributed by atoms with E-state index in [-0.39, 0.29) is 17.6 Å². The molecule has 0 aliphatic heterocycles. The third kappa shape index (κ3) is 4.19. The molecular formula is C18H18F2N2O3S. The molecule has 1 unspecified atom stereocenters. The fraction of sp³-hybridized carbons (Fsp3) is 0.278. The average Bonchev–Trinajstić information content (AvgIpc) is 3.42. The van der Waals surface area contributed by atoms with Gasteiger partial charge < -0.3 is 5.32 Å². The topological polar surface area (TPSA) is 75.3 Å². The van der Waals surface area contributed by atoms with Gasteiger partial charge in [0.1, 0.15) is 0 Å². The van der Waals surface area contributed by atoms with Gasteiger partial charge in [0.05, 0.1) is 4.90 Å². The SMILES string of the molecule is CC(NC(=O)c1ccc(NS(=O)(=O)c2ccc(F)c(F)c2)cc1)C1CC1. The minimum absolute atomic E-state index is 0.106. The fourth-order valence-electron chi connectivity index (χ4n) is 2.55. The van der Waals surface area contributed by atoms with E-state index >= 15 is 0 Å². The largest absolute Gasteiger partial charge is 0.349 e. The highest BCUT2D eigenvalue weighted by Gasteiger charge is 2.29. The van der Waals surface area contributed by atoms with Gasteiger partial charge in [0.15, 0.2) is 11.6 Å². The van der Waals surface area contributed by atoms with Crippen LogP contribution in [0.2, 0.25) is 0 Å². The van der Waals surface area contributed by atoms with Crippen molar-refractivity contribution in [2.24, 2.45) is 5.92 Å². The first-order valence-electron chi connectivity index (χ1n) is 8.15. The molecule has 138 valence electrons. The molecule has 2 aromatic rings. The summed E-state index contributed by atoms with van der Waals surface area (Å²) in [6.45, 7) is 1.96. The van der Waals surface area contributed by atoms with E-state index in [1.54, 1.807) is 0 Å². The molecule has 0 saturated heterocycles. The predicted molar refractivity (Wildman–Crippen MR) is 93.3 cm³/mol. The molecule has 0 heterocycles. The van der Waals surface area contributed by atoms with Crippen LogP contribution < -0.4 is 10.0 Å². The molecule has 0 bridgehead atoms. The van der Waals surface area contributed by atoms with Crippen molar-refractivity contribution in [3.8, 4) is 0 Å². The third-order valence-electron chi connectivity index (χ3n) is 4.29. The second kappa shape index (κ2) is 7.03. The van der Waals surface area contributed by atoms with Crippen LogP contribution in [0.1, 0.15) is 30.1 Å². The second-order valence-electron chi connectivity index (χ2n) is 6.36. The van der Waals surface area contributed by atoms with Crippen molar-refractivity contribution >= 4 is 21.6 Å². The fourth-order valence-corrected chi connectivity index (χ4v) is 3.62. The van der Waals surface area contributed by atoms with Gasteiger partial charge in [-0.3, -0.25) is 9.52 Å². The number of carbonyl (C=O) groups excluding carboxylic acids is 1. The number of hydrogen-bond acceptors (Lipinski definition) is 3. The zero-order chi connectivity index (χ0) is 18.9. The van der Waals surface area contributed by atoms with Gasteiger partial charge >= 0.3 is 0 Å². The summed E-state index contributed by atoms with van der Waals surface area (Å²) >= 11 is 0. The van der Waals surface area contributed by atoms with Gasteiger partial charge in [-0.15, -0.1) is 0 Å². The Morgan fingerprint density at radius 3 is 2.31 bits per heavy atom. The lowest BCUT2D eigenvalue weighted by molar-refractivity contribution is 0.0936. The van der Waals surface area contributed by atoms with Crippen LogP contribution in [-0.4, -0.2) is 20.4 Å². The molecule has 1 atom stereocenters. The summed E-state index contributed by atoms with van der Waals surface area (Å²) in [5, 5.41) is 2.91. The van der Waals surface area contributed by atoms with Crippen molar-refractivity contribution in [3.63, 3.8) is 0 Å². The number of benzene rings is 2. The van der Waals surface area contributed by atoms with Crippen LogP contribution in [0.25, 0.3) is 0 Å². The lowest BCUT2D eigenvalue weighted by atomic mass is 10.1. The lowest BCUT2D eigenvalue weighted by Gasteiger charge is -2.13. The Bertz CT molecular complexity index is 926. The Morgan fingerprint density at radius 1 is 1.08 bits per heavy atom. The van der Waals surface area contributed by atoms with E-state index in [0.717, 1.165) is 25.0 Å². The van der Waals surface area contributed by atoms with Crippen molar-refractivity contribution < 1.29 is 22.0 Å². The van der Waals surface area contributed by atoms with E-state index in [9.17, 15) is 22.0 Å². The Kier molecular flexibility index (Phi) is 4.95. The number of carbonyl (C=O) groups is 1. The molecule has 2 N–H and O–H groups in total. The van der Waals surface area contributed by atoms with Gasteiger partial charge in [-0.05, 0) is 68.1 Å². The number of hydrogen-bond donors (Lipinski definition) is 2. The van der Waals surface area contributed by atoms with Gasteiger partial charge in [-0.25, -0.2) is 17.2 Å². The smallest absolute Gasteiger partial charge is 0.261 e. The zero-order valence-corrected chi connectivity index (χ0v) is 14.8. The van der Waals surface area contributed by atoms with Crippen LogP contribution in [0.4, 0.5) is 14.5 Å². The highest BCUT2D eigenvalue weighted by molar-refractivity contribution is 7.92. The van der Waals surface area contributed by atoms with E-state index < -0.39 is 26.6 Å². The first kappa shape index (κ1) is 18.3. The van der Waals surface area contributed by atoms with Crippen molar-refractivity contribution in [1.82, 2.24) is 5.32 Å². The highest BCUT2D eigenvalue weighted by atomic mass is 32.2. The van der Waals surface area contributed by atoms with Crippen LogP contribution in [-0.2, 0) is 10.0 Å². The maximum absolute atomic E-state index is 13.2. The van der Waals surface area contributed by atoms with Gasteiger partial charge in [0.2, 0.25) is 0 Å². The Hall–Kier alpha value is -2.48. The van der Waals surface area contributed by atoms with Gasteiger partial charge in [-0.2, -0.15) is 0 Å². The van der Waals surface area contributed by atoms with Crippen molar-refractivity contribution in [2.45, 2.75) is 30.7 Å². The monoisotopic (exact) mass is 380 g/mol. The second-order valence-corrected chi connectivity index (χ2v) is 8.04. The molecule has 3 rings (SSSR count). The van der Waals surface area contributed by atoms with Gasteiger partial charge in [0, 0.05) is 17.3 Å². The molecule has 26 heavy (non-hydrogen) atoms. The average molecular weight is 380 g/mol. The van der Waals surface area contributed by atoms with Gasteiger partial charge in [0.25, 0.3) is 15.9 Å². The molecule has 0 spiro atoms. The standard InChI is InChI=1S/C18H18F2N2O3S/c1-11(12-2-3-12)21-18(23)13-4-6-14(7-5-13)22-26(24,25)15-8-9-16(19)17(20)10-15/h4-12,22H,2-3H2,1H3,(H,21,23). The summed E-state index contributed by atoms with van der Waals surface area (Å²) in [4.78, 5) is 11.8. The van der Waals surface area contributed by atoms with Crippen LogP contribution in [0.3, 0.4) is 0 Å². The number of amides is 1. The number of nitrogens with one attached hydrogen (secondary N) is 2. The summed E-state index contributed by atoms with van der Waals surface area (Å²) in [5.41, 5.74) is 0.620. The molecule has 0 aromatic heterocycles. The third-order valence-corrected chi connectivity index (χ3v) is 5.67. The summed E-state index contributed by atoms with van der Waals surface area (Å²) in [6, 6.07) is 8.31. The molecule has 2 aromatic carbocycles. The van der Waals surface area contributed by atoms with E-state index in [4.69, 9.17) is 0 Å². The molecule has 1 fully saturated rings. The molecule has 8 heteroatoms. The van der Waals surface area contributed by atoms with E-state index in [1.807, 2.05) is 6.92 Å². The van der Waals surface area contributed by atoms with Crippen LogP contribution in [0.5, 0.6) is 0 Å². The quantitative estimate of drug-likeness (QED) is 0.807. The Balaban J connectivity index is 1.69. The normalized spacial score (nSPS) is 15.3. The van der Waals surface area contributed by atoms with Crippen LogP contribution in [0.15, 0.2) is 47.4 Å².